The Morgan fingerprint density at radius 3 is 2.29 bits per heavy atom. The average Bonchev–Trinajstić information content (AvgIpc) is 2.35. The van der Waals surface area contributed by atoms with Gasteiger partial charge in [0.25, 0.3) is 5.91 Å². The van der Waals surface area contributed by atoms with Gasteiger partial charge < -0.3 is 15.2 Å². The number of ether oxygens (including phenoxy) is 1. The summed E-state index contributed by atoms with van der Waals surface area (Å²) >= 11 is 0. The minimum absolute atomic E-state index is 0.0859. The summed E-state index contributed by atoms with van der Waals surface area (Å²) in [5.74, 6) is -0.578. The molecule has 1 aromatic rings. The molecule has 0 spiro atoms. The molecule has 0 heterocycles. The van der Waals surface area contributed by atoms with Gasteiger partial charge in [0.05, 0.1) is 0 Å². The van der Waals surface area contributed by atoms with E-state index in [1.165, 1.54) is 0 Å². The molecule has 1 aliphatic rings. The lowest BCUT2D eigenvalue weighted by Gasteiger charge is -2.39. The van der Waals surface area contributed by atoms with Crippen LogP contribution in [0.3, 0.4) is 0 Å². The molecule has 1 saturated carbocycles. The third-order valence-corrected chi connectivity index (χ3v) is 3.93. The van der Waals surface area contributed by atoms with Crippen molar-refractivity contribution in [2.45, 2.75) is 45.6 Å². The Morgan fingerprint density at radius 2 is 1.86 bits per heavy atom. The standard InChI is InChI=1S/C16H21NO4/c1-10-7-12(15(20)17-16(3)5-4-6-16)8-11(2)14(10)21-9-13(18)19/h7-8H,4-6,9H2,1-3H3,(H,17,20)(H,18,19). The first-order valence-electron chi connectivity index (χ1n) is 7.09. The van der Waals surface area contributed by atoms with Crippen molar-refractivity contribution in [3.8, 4) is 5.75 Å². The van der Waals surface area contributed by atoms with Crippen LogP contribution < -0.4 is 10.1 Å². The number of aliphatic carboxylic acids is 1. The highest BCUT2D eigenvalue weighted by atomic mass is 16.5. The van der Waals surface area contributed by atoms with Crippen molar-refractivity contribution in [3.63, 3.8) is 0 Å². The van der Waals surface area contributed by atoms with Crippen molar-refractivity contribution in [1.29, 1.82) is 0 Å². The average molecular weight is 291 g/mol. The Kier molecular flexibility index (Phi) is 4.21. The Labute approximate surface area is 124 Å². The highest BCUT2D eigenvalue weighted by Gasteiger charge is 2.33. The van der Waals surface area contributed by atoms with Crippen LogP contribution in [-0.2, 0) is 4.79 Å². The first-order valence-corrected chi connectivity index (χ1v) is 7.09. The summed E-state index contributed by atoms with van der Waals surface area (Å²) in [6.45, 7) is 5.29. The monoisotopic (exact) mass is 291 g/mol. The molecular formula is C16H21NO4. The van der Waals surface area contributed by atoms with Crippen molar-refractivity contribution >= 4 is 11.9 Å². The zero-order valence-corrected chi connectivity index (χ0v) is 12.7. The Morgan fingerprint density at radius 1 is 1.29 bits per heavy atom. The van der Waals surface area contributed by atoms with Gasteiger partial charge in [-0.05, 0) is 63.3 Å². The summed E-state index contributed by atoms with van der Waals surface area (Å²) in [7, 11) is 0. The fourth-order valence-corrected chi connectivity index (χ4v) is 2.62. The molecule has 0 saturated heterocycles. The van der Waals surface area contributed by atoms with Gasteiger partial charge in [0.15, 0.2) is 6.61 Å². The van der Waals surface area contributed by atoms with Gasteiger partial charge in [-0.15, -0.1) is 0 Å². The number of nitrogens with one attached hydrogen (secondary N) is 1. The van der Waals surface area contributed by atoms with E-state index in [1.807, 2.05) is 13.8 Å². The Hall–Kier alpha value is -2.04. The number of rotatable bonds is 5. The highest BCUT2D eigenvalue weighted by Crippen LogP contribution is 2.32. The summed E-state index contributed by atoms with van der Waals surface area (Å²) in [5, 5.41) is 11.7. The molecule has 2 N–H and O–H groups in total. The molecule has 0 aromatic heterocycles. The molecule has 1 aromatic carbocycles. The molecule has 5 nitrogen and oxygen atoms in total. The summed E-state index contributed by atoms with van der Waals surface area (Å²) in [6, 6.07) is 3.48. The normalized spacial score (nSPS) is 16.0. The first-order chi connectivity index (χ1) is 9.81. The molecule has 5 heteroatoms. The number of benzene rings is 1. The molecule has 0 aliphatic heterocycles. The number of hydrogen-bond acceptors (Lipinski definition) is 3. The van der Waals surface area contributed by atoms with Crippen molar-refractivity contribution in [2.75, 3.05) is 6.61 Å². The number of carboxylic acid groups (broad SMARTS) is 1. The minimum atomic E-state index is -1.02. The van der Waals surface area contributed by atoms with E-state index in [-0.39, 0.29) is 18.1 Å². The van der Waals surface area contributed by atoms with E-state index in [0.717, 1.165) is 30.4 Å². The number of carboxylic acids is 1. The van der Waals surface area contributed by atoms with Crippen molar-refractivity contribution < 1.29 is 19.4 Å². The quantitative estimate of drug-likeness (QED) is 0.873. The van der Waals surface area contributed by atoms with Crippen LogP contribution in [0, 0.1) is 13.8 Å². The van der Waals surface area contributed by atoms with Gasteiger partial charge in [0.1, 0.15) is 5.75 Å². The van der Waals surface area contributed by atoms with Crippen LogP contribution in [-0.4, -0.2) is 29.1 Å². The second-order valence-electron chi connectivity index (χ2n) is 5.99. The molecule has 1 aliphatic carbocycles. The maximum Gasteiger partial charge on any atom is 0.341 e. The molecule has 2 rings (SSSR count). The number of aryl methyl sites for hydroxylation is 2. The third-order valence-electron chi connectivity index (χ3n) is 3.93. The molecule has 1 fully saturated rings. The van der Waals surface area contributed by atoms with Crippen LogP contribution in [0.2, 0.25) is 0 Å². The zero-order valence-electron chi connectivity index (χ0n) is 12.7. The summed E-state index contributed by atoms with van der Waals surface area (Å²) in [5.41, 5.74) is 2.03. The van der Waals surface area contributed by atoms with E-state index < -0.39 is 5.97 Å². The summed E-state index contributed by atoms with van der Waals surface area (Å²) < 4.78 is 5.27. The molecule has 0 unspecified atom stereocenters. The van der Waals surface area contributed by atoms with Gasteiger partial charge in [-0.2, -0.15) is 0 Å². The Bertz CT molecular complexity index is 553. The fraction of sp³-hybridized carbons (Fsp3) is 0.500. The fourth-order valence-electron chi connectivity index (χ4n) is 2.62. The van der Waals surface area contributed by atoms with E-state index in [0.29, 0.717) is 11.3 Å². The predicted octanol–water partition coefficient (Wildman–Crippen LogP) is 2.44. The van der Waals surface area contributed by atoms with E-state index >= 15 is 0 Å². The van der Waals surface area contributed by atoms with E-state index in [9.17, 15) is 9.59 Å². The zero-order chi connectivity index (χ0) is 15.6. The Balaban J connectivity index is 2.14. The third kappa shape index (κ3) is 3.54. The molecular weight excluding hydrogens is 270 g/mol. The number of amides is 1. The van der Waals surface area contributed by atoms with Gasteiger partial charge in [0, 0.05) is 11.1 Å². The smallest absolute Gasteiger partial charge is 0.341 e. The lowest BCUT2D eigenvalue weighted by atomic mass is 9.78. The molecule has 0 atom stereocenters. The van der Waals surface area contributed by atoms with Gasteiger partial charge >= 0.3 is 5.97 Å². The van der Waals surface area contributed by atoms with Crippen LogP contribution in [0.5, 0.6) is 5.75 Å². The van der Waals surface area contributed by atoms with Crippen molar-refractivity contribution in [1.82, 2.24) is 5.32 Å². The topological polar surface area (TPSA) is 75.6 Å². The van der Waals surface area contributed by atoms with Gasteiger partial charge in [-0.25, -0.2) is 4.79 Å². The lowest BCUT2D eigenvalue weighted by molar-refractivity contribution is -0.139. The first kappa shape index (κ1) is 15.4. The van der Waals surface area contributed by atoms with Crippen LogP contribution in [0.4, 0.5) is 0 Å². The summed E-state index contributed by atoms with van der Waals surface area (Å²) in [4.78, 5) is 22.9. The number of carbonyl (C=O) groups is 2. The number of carbonyl (C=O) groups excluding carboxylic acids is 1. The van der Waals surface area contributed by atoms with Crippen molar-refractivity contribution in [2.24, 2.45) is 0 Å². The van der Waals surface area contributed by atoms with Gasteiger partial charge in [-0.1, -0.05) is 0 Å². The van der Waals surface area contributed by atoms with Crippen LogP contribution >= 0.6 is 0 Å². The molecule has 1 amide bonds. The largest absolute Gasteiger partial charge is 0.481 e. The van der Waals surface area contributed by atoms with Crippen molar-refractivity contribution in [3.05, 3.63) is 28.8 Å². The molecule has 21 heavy (non-hydrogen) atoms. The summed E-state index contributed by atoms with van der Waals surface area (Å²) in [6.07, 6.45) is 3.17. The van der Waals surface area contributed by atoms with E-state index in [1.54, 1.807) is 12.1 Å². The highest BCUT2D eigenvalue weighted by molar-refractivity contribution is 5.95. The van der Waals surface area contributed by atoms with E-state index in [4.69, 9.17) is 9.84 Å². The van der Waals surface area contributed by atoms with Gasteiger partial charge in [-0.3, -0.25) is 4.79 Å². The minimum Gasteiger partial charge on any atom is -0.481 e. The van der Waals surface area contributed by atoms with Crippen LogP contribution in [0.1, 0.15) is 47.7 Å². The molecule has 114 valence electrons. The maximum absolute atomic E-state index is 12.3. The lowest BCUT2D eigenvalue weighted by Crippen LogP contribution is -2.50. The molecule has 0 bridgehead atoms. The SMILES string of the molecule is Cc1cc(C(=O)NC2(C)CCC2)cc(C)c1OCC(=O)O. The molecule has 0 radical (unpaired) electrons. The number of hydrogen-bond donors (Lipinski definition) is 2. The van der Waals surface area contributed by atoms with Gasteiger partial charge in [0.2, 0.25) is 0 Å². The van der Waals surface area contributed by atoms with E-state index in [2.05, 4.69) is 12.2 Å². The van der Waals surface area contributed by atoms with Crippen LogP contribution in [0.15, 0.2) is 12.1 Å². The second kappa shape index (κ2) is 5.76. The predicted molar refractivity (Wildman–Crippen MR) is 78.8 cm³/mol. The van der Waals surface area contributed by atoms with Crippen LogP contribution in [0.25, 0.3) is 0 Å². The maximum atomic E-state index is 12.3. The second-order valence-corrected chi connectivity index (χ2v) is 5.99.